The number of nitrogens with one attached hydrogen (secondary N) is 1. The molecule has 3 rings (SSSR count). The van der Waals surface area contributed by atoms with E-state index in [-0.39, 0.29) is 22.6 Å². The van der Waals surface area contributed by atoms with Crippen molar-refractivity contribution < 1.29 is 13.5 Å². The molecule has 0 heterocycles. The molecule has 0 radical (unpaired) electrons. The molecule has 0 aliphatic carbocycles. The number of sulfonamides is 1. The van der Waals surface area contributed by atoms with Gasteiger partial charge in [-0.15, -0.1) is 0 Å². The van der Waals surface area contributed by atoms with Crippen LogP contribution < -0.4 is 4.72 Å². The van der Waals surface area contributed by atoms with Crippen molar-refractivity contribution >= 4 is 10.0 Å². The van der Waals surface area contributed by atoms with Gasteiger partial charge in [0.15, 0.2) is 0 Å². The second-order valence-corrected chi connectivity index (χ2v) is 9.78. The third-order valence-corrected chi connectivity index (χ3v) is 7.11. The monoisotopic (exact) mass is 437 g/mol. The first-order valence-electron chi connectivity index (χ1n) is 10.8. The molecule has 0 spiro atoms. The third kappa shape index (κ3) is 6.18. The minimum atomic E-state index is -3.89. The van der Waals surface area contributed by atoms with Gasteiger partial charge in [-0.25, -0.2) is 13.1 Å². The van der Waals surface area contributed by atoms with Gasteiger partial charge in [0.25, 0.3) is 0 Å². The van der Waals surface area contributed by atoms with Crippen molar-refractivity contribution in [2.24, 2.45) is 5.92 Å². The van der Waals surface area contributed by atoms with Crippen molar-refractivity contribution in [1.82, 2.24) is 4.72 Å². The molecule has 3 aromatic rings. The second-order valence-electron chi connectivity index (χ2n) is 8.10. The van der Waals surface area contributed by atoms with Crippen LogP contribution in [0, 0.1) is 5.92 Å². The van der Waals surface area contributed by atoms with Gasteiger partial charge in [-0.05, 0) is 47.9 Å². The molecule has 0 amide bonds. The molecule has 31 heavy (non-hydrogen) atoms. The number of aryl methyl sites for hydroxylation is 1. The number of phenolic OH excluding ortho intramolecular Hbond substituents is 1. The Labute approximate surface area is 186 Å². The van der Waals surface area contributed by atoms with Crippen LogP contribution in [0.2, 0.25) is 0 Å². The van der Waals surface area contributed by atoms with Gasteiger partial charge in [0.05, 0.1) is 0 Å². The van der Waals surface area contributed by atoms with Crippen molar-refractivity contribution in [3.8, 4) is 5.75 Å². The first-order valence-corrected chi connectivity index (χ1v) is 12.3. The van der Waals surface area contributed by atoms with E-state index in [2.05, 4.69) is 23.8 Å². The molecule has 0 saturated heterocycles. The number of benzene rings is 3. The smallest absolute Gasteiger partial charge is 0.244 e. The molecule has 0 aliphatic rings. The van der Waals surface area contributed by atoms with Gasteiger partial charge in [-0.2, -0.15) is 0 Å². The Kier molecular flexibility index (Phi) is 7.88. The molecule has 0 fully saturated rings. The highest BCUT2D eigenvalue weighted by Crippen LogP contribution is 2.29. The summed E-state index contributed by atoms with van der Waals surface area (Å²) < 4.78 is 29.5. The lowest BCUT2D eigenvalue weighted by atomic mass is 9.90. The van der Waals surface area contributed by atoms with E-state index in [9.17, 15) is 13.5 Å². The lowest BCUT2D eigenvalue weighted by Gasteiger charge is -2.26. The maximum Gasteiger partial charge on any atom is 0.244 e. The molecule has 0 bridgehead atoms. The average molecular weight is 438 g/mol. The molecule has 2 N–H and O–H groups in total. The molecule has 164 valence electrons. The highest BCUT2D eigenvalue weighted by molar-refractivity contribution is 7.89. The van der Waals surface area contributed by atoms with Crippen LogP contribution in [0.3, 0.4) is 0 Å². The van der Waals surface area contributed by atoms with Crippen molar-refractivity contribution in [1.29, 1.82) is 0 Å². The zero-order chi connectivity index (χ0) is 22.3. The third-order valence-electron chi connectivity index (χ3n) is 5.58. The predicted octanol–water partition coefficient (Wildman–Crippen LogP) is 5.11. The quantitative estimate of drug-likeness (QED) is 0.463. The summed E-state index contributed by atoms with van der Waals surface area (Å²) in [6.07, 6.45) is 2.79. The summed E-state index contributed by atoms with van der Waals surface area (Å²) in [6.45, 7) is 4.07. The van der Waals surface area contributed by atoms with E-state index in [1.165, 1.54) is 11.6 Å². The normalized spacial score (nSPS) is 13.6. The van der Waals surface area contributed by atoms with Crippen molar-refractivity contribution in [2.75, 3.05) is 0 Å². The van der Waals surface area contributed by atoms with Crippen LogP contribution in [0.25, 0.3) is 0 Å². The van der Waals surface area contributed by atoms with E-state index >= 15 is 0 Å². The Balaban J connectivity index is 1.89. The fraction of sp³-hybridized carbons (Fsp3) is 0.308. The highest BCUT2D eigenvalue weighted by Gasteiger charge is 2.27. The molecule has 0 saturated carbocycles. The summed E-state index contributed by atoms with van der Waals surface area (Å²) in [7, 11) is -3.89. The summed E-state index contributed by atoms with van der Waals surface area (Å²) in [5, 5.41) is 10.6. The SMILES string of the molecule is CCCc1cccc(S(=O)(=O)NC(Cc2ccccc2)[C@H](C)Cc2ccccc2)c1O. The number of hydrogen-bond acceptors (Lipinski definition) is 3. The van der Waals surface area contributed by atoms with Gasteiger partial charge in [-0.1, -0.05) is 93.1 Å². The Morgan fingerprint density at radius 2 is 1.42 bits per heavy atom. The molecular weight excluding hydrogens is 406 g/mol. The van der Waals surface area contributed by atoms with Crippen LogP contribution in [-0.4, -0.2) is 19.6 Å². The van der Waals surface area contributed by atoms with Crippen LogP contribution in [0.5, 0.6) is 5.75 Å². The van der Waals surface area contributed by atoms with Gasteiger partial charge in [0.2, 0.25) is 10.0 Å². The standard InChI is InChI=1S/C26H31NO3S/c1-3-11-23-16-10-17-25(26(23)28)31(29,30)27-24(19-22-14-8-5-9-15-22)20(2)18-21-12-6-4-7-13-21/h4-10,12-17,20,24,27-28H,3,11,18-19H2,1-2H3/t20-,24?/m1/s1. The molecule has 0 aromatic heterocycles. The van der Waals surface area contributed by atoms with Gasteiger partial charge in [0, 0.05) is 6.04 Å². The van der Waals surface area contributed by atoms with Crippen LogP contribution in [0.1, 0.15) is 37.0 Å². The van der Waals surface area contributed by atoms with E-state index in [0.717, 1.165) is 18.4 Å². The largest absolute Gasteiger partial charge is 0.506 e. The van der Waals surface area contributed by atoms with Gasteiger partial charge >= 0.3 is 0 Å². The molecule has 3 aromatic carbocycles. The van der Waals surface area contributed by atoms with Gasteiger partial charge in [-0.3, -0.25) is 0 Å². The molecule has 4 nitrogen and oxygen atoms in total. The van der Waals surface area contributed by atoms with Gasteiger partial charge in [0.1, 0.15) is 10.6 Å². The lowest BCUT2D eigenvalue weighted by molar-refractivity contribution is 0.411. The molecular formula is C26H31NO3S. The lowest BCUT2D eigenvalue weighted by Crippen LogP contribution is -2.41. The fourth-order valence-electron chi connectivity index (χ4n) is 3.87. The molecule has 0 aliphatic heterocycles. The predicted molar refractivity (Wildman–Crippen MR) is 126 cm³/mol. The fourth-order valence-corrected chi connectivity index (χ4v) is 5.36. The number of rotatable bonds is 10. The summed E-state index contributed by atoms with van der Waals surface area (Å²) in [5.41, 5.74) is 2.89. The zero-order valence-corrected chi connectivity index (χ0v) is 19.0. The average Bonchev–Trinajstić information content (AvgIpc) is 2.76. The van der Waals surface area contributed by atoms with Crippen LogP contribution in [0.15, 0.2) is 83.8 Å². The van der Waals surface area contributed by atoms with Gasteiger partial charge < -0.3 is 5.11 Å². The topological polar surface area (TPSA) is 66.4 Å². The van der Waals surface area contributed by atoms with E-state index in [0.29, 0.717) is 18.4 Å². The Morgan fingerprint density at radius 1 is 0.839 bits per heavy atom. The summed E-state index contributed by atoms with van der Waals surface area (Å²) in [6, 6.07) is 24.6. The maximum atomic E-state index is 13.3. The zero-order valence-electron chi connectivity index (χ0n) is 18.2. The highest BCUT2D eigenvalue weighted by atomic mass is 32.2. The minimum Gasteiger partial charge on any atom is -0.506 e. The van der Waals surface area contributed by atoms with E-state index in [1.807, 2.05) is 55.5 Å². The van der Waals surface area contributed by atoms with Crippen molar-refractivity contribution in [3.05, 3.63) is 95.6 Å². The van der Waals surface area contributed by atoms with Crippen LogP contribution >= 0.6 is 0 Å². The first kappa shape index (κ1) is 23.0. The summed E-state index contributed by atoms with van der Waals surface area (Å²) in [4.78, 5) is -0.0524. The van der Waals surface area contributed by atoms with Crippen LogP contribution in [0.4, 0.5) is 0 Å². The number of hydrogen-bond donors (Lipinski definition) is 2. The number of para-hydroxylation sites is 1. The van der Waals surface area contributed by atoms with Crippen LogP contribution in [-0.2, 0) is 29.3 Å². The van der Waals surface area contributed by atoms with Crippen molar-refractivity contribution in [2.45, 2.75) is 50.5 Å². The summed E-state index contributed by atoms with van der Waals surface area (Å²) >= 11 is 0. The number of aromatic hydroxyl groups is 1. The van der Waals surface area contributed by atoms with E-state index < -0.39 is 10.0 Å². The first-order chi connectivity index (χ1) is 14.9. The molecule has 2 atom stereocenters. The Bertz CT molecular complexity index is 1070. The minimum absolute atomic E-state index is 0.0524. The Morgan fingerprint density at radius 3 is 2.00 bits per heavy atom. The number of phenols is 1. The Hall–Kier alpha value is -2.63. The molecule has 1 unspecified atom stereocenters. The molecule has 5 heteroatoms. The summed E-state index contributed by atoms with van der Waals surface area (Å²) in [5.74, 6) is -0.0932. The van der Waals surface area contributed by atoms with E-state index in [4.69, 9.17) is 0 Å². The van der Waals surface area contributed by atoms with Crippen molar-refractivity contribution in [3.63, 3.8) is 0 Å². The maximum absolute atomic E-state index is 13.3. The van der Waals surface area contributed by atoms with E-state index in [1.54, 1.807) is 12.1 Å². The second kappa shape index (κ2) is 10.6.